The molecule has 0 aliphatic carbocycles. The molecule has 3 rings (SSSR count). The van der Waals surface area contributed by atoms with Crippen LogP contribution in [0.2, 0.25) is 0 Å². The molecule has 0 bridgehead atoms. The van der Waals surface area contributed by atoms with Gasteiger partial charge in [0.2, 0.25) is 5.91 Å². The zero-order valence-electron chi connectivity index (χ0n) is 17.3. The lowest BCUT2D eigenvalue weighted by molar-refractivity contribution is -0.150. The van der Waals surface area contributed by atoms with E-state index in [1.54, 1.807) is 50.2 Å². The lowest BCUT2D eigenvalue weighted by Crippen LogP contribution is -2.32. The number of aromatic nitrogens is 1. The largest absolute Gasteiger partial charge is 0.478 e. The van der Waals surface area contributed by atoms with E-state index in [9.17, 15) is 18.8 Å². The van der Waals surface area contributed by atoms with E-state index in [1.807, 2.05) is 0 Å². The molecule has 0 radical (unpaired) electrons. The summed E-state index contributed by atoms with van der Waals surface area (Å²) in [6, 6.07) is 12.4. The topological polar surface area (TPSA) is 86.6 Å². The predicted octanol–water partition coefficient (Wildman–Crippen LogP) is 2.79. The summed E-state index contributed by atoms with van der Waals surface area (Å²) in [5.41, 5.74) is 0.391. The number of pyridine rings is 1. The van der Waals surface area contributed by atoms with Gasteiger partial charge < -0.3 is 19.4 Å². The molecule has 0 fully saturated rings. The molecule has 0 aliphatic heterocycles. The Morgan fingerprint density at radius 3 is 2.55 bits per heavy atom. The van der Waals surface area contributed by atoms with E-state index in [4.69, 9.17) is 9.47 Å². The Hall–Kier alpha value is -3.68. The minimum Gasteiger partial charge on any atom is -0.478 e. The third-order valence-corrected chi connectivity index (χ3v) is 4.62. The number of halogens is 1. The molecular weight excluding hydrogens is 403 g/mol. The summed E-state index contributed by atoms with van der Waals surface area (Å²) in [4.78, 5) is 36.9. The van der Waals surface area contributed by atoms with Crippen molar-refractivity contribution in [1.82, 2.24) is 9.88 Å². The summed E-state index contributed by atoms with van der Waals surface area (Å²) in [5, 5.41) is 3.60. The highest BCUT2D eigenvalue weighted by Gasteiger charge is 2.18. The van der Waals surface area contributed by atoms with Gasteiger partial charge in [0.25, 0.3) is 5.56 Å². The molecule has 0 unspecified atom stereocenters. The van der Waals surface area contributed by atoms with Crippen molar-refractivity contribution < 1.29 is 23.5 Å². The van der Waals surface area contributed by atoms with Crippen LogP contribution in [0.4, 0.5) is 4.39 Å². The van der Waals surface area contributed by atoms with Crippen LogP contribution in [-0.4, -0.2) is 29.2 Å². The van der Waals surface area contributed by atoms with Crippen molar-refractivity contribution in [1.29, 1.82) is 0 Å². The fourth-order valence-electron chi connectivity index (χ4n) is 3.03. The highest BCUT2D eigenvalue weighted by Crippen LogP contribution is 2.24. The van der Waals surface area contributed by atoms with E-state index in [1.165, 1.54) is 22.9 Å². The van der Waals surface area contributed by atoms with E-state index in [0.29, 0.717) is 16.5 Å². The Morgan fingerprint density at radius 2 is 1.84 bits per heavy atom. The second kappa shape index (κ2) is 9.88. The number of hydrogen-bond donors (Lipinski definition) is 1. The van der Waals surface area contributed by atoms with Gasteiger partial charge in [-0.05, 0) is 49.7 Å². The minimum absolute atomic E-state index is 0.166. The van der Waals surface area contributed by atoms with E-state index in [2.05, 4.69) is 5.32 Å². The lowest BCUT2D eigenvalue weighted by Gasteiger charge is -2.15. The number of rotatable bonds is 8. The van der Waals surface area contributed by atoms with Crippen LogP contribution in [0.25, 0.3) is 10.8 Å². The number of carbonyl (C=O) groups is 2. The number of esters is 1. The van der Waals surface area contributed by atoms with Gasteiger partial charge >= 0.3 is 5.97 Å². The van der Waals surface area contributed by atoms with E-state index >= 15 is 0 Å². The Balaban J connectivity index is 1.73. The van der Waals surface area contributed by atoms with Gasteiger partial charge in [-0.15, -0.1) is 0 Å². The van der Waals surface area contributed by atoms with Crippen LogP contribution in [0.1, 0.15) is 19.4 Å². The normalized spacial score (nSPS) is 11.7. The Kier molecular flexibility index (Phi) is 7.02. The fraction of sp³-hybridized carbons (Fsp3) is 0.261. The summed E-state index contributed by atoms with van der Waals surface area (Å²) < 4.78 is 24.9. The average molecular weight is 426 g/mol. The Bertz CT molecular complexity index is 1140. The summed E-state index contributed by atoms with van der Waals surface area (Å²) >= 11 is 0. The number of nitrogens with one attached hydrogen (secondary N) is 1. The first-order valence-corrected chi connectivity index (χ1v) is 9.85. The van der Waals surface area contributed by atoms with Crippen molar-refractivity contribution >= 4 is 22.6 Å². The summed E-state index contributed by atoms with van der Waals surface area (Å²) in [6.07, 6.45) is 0.676. The van der Waals surface area contributed by atoms with Crippen LogP contribution >= 0.6 is 0 Å². The van der Waals surface area contributed by atoms with Crippen molar-refractivity contribution in [2.75, 3.05) is 6.61 Å². The number of hydrogen-bond acceptors (Lipinski definition) is 5. The van der Waals surface area contributed by atoms with Gasteiger partial charge in [-0.1, -0.05) is 18.2 Å². The van der Waals surface area contributed by atoms with Gasteiger partial charge in [0.05, 0.1) is 12.0 Å². The van der Waals surface area contributed by atoms with Gasteiger partial charge in [-0.3, -0.25) is 9.59 Å². The predicted molar refractivity (Wildman–Crippen MR) is 113 cm³/mol. The molecule has 1 heterocycles. The fourth-order valence-corrected chi connectivity index (χ4v) is 3.03. The second-order valence-electron chi connectivity index (χ2n) is 6.88. The third kappa shape index (κ3) is 5.48. The monoisotopic (exact) mass is 426 g/mol. The summed E-state index contributed by atoms with van der Waals surface area (Å²) in [5.74, 6) is -0.819. The standard InChI is InChI=1S/C23H23FN2O5/c1-3-30-23(29)15(2)31-20-6-4-5-19-18(20)11-12-26(22(19)28)14-21(27)25-13-16-7-9-17(24)10-8-16/h4-12,15H,3,13-14H2,1-2H3,(H,25,27)/t15-/m0/s1. The maximum atomic E-state index is 13.0. The molecule has 31 heavy (non-hydrogen) atoms. The molecule has 1 amide bonds. The van der Waals surface area contributed by atoms with Gasteiger partial charge in [0.15, 0.2) is 6.10 Å². The Labute approximate surface area is 178 Å². The number of ether oxygens (including phenoxy) is 2. The second-order valence-corrected chi connectivity index (χ2v) is 6.88. The van der Waals surface area contributed by atoms with Gasteiger partial charge in [-0.2, -0.15) is 0 Å². The van der Waals surface area contributed by atoms with Crippen molar-refractivity contribution in [3.63, 3.8) is 0 Å². The lowest BCUT2D eigenvalue weighted by atomic mass is 10.1. The molecule has 0 spiro atoms. The first kappa shape index (κ1) is 22.0. The van der Waals surface area contributed by atoms with Crippen LogP contribution in [0.5, 0.6) is 5.75 Å². The highest BCUT2D eigenvalue weighted by atomic mass is 19.1. The highest BCUT2D eigenvalue weighted by molar-refractivity contribution is 5.88. The van der Waals surface area contributed by atoms with Gasteiger partial charge in [0.1, 0.15) is 18.1 Å². The molecule has 162 valence electrons. The maximum absolute atomic E-state index is 13.0. The molecule has 1 atom stereocenters. The van der Waals surface area contributed by atoms with Crippen LogP contribution in [0, 0.1) is 5.82 Å². The molecule has 1 aromatic heterocycles. The van der Waals surface area contributed by atoms with Gasteiger partial charge in [0, 0.05) is 18.1 Å². The molecule has 2 aromatic carbocycles. The average Bonchev–Trinajstić information content (AvgIpc) is 2.76. The van der Waals surface area contributed by atoms with E-state index in [0.717, 1.165) is 5.56 Å². The molecule has 0 saturated heterocycles. The molecule has 1 N–H and O–H groups in total. The van der Waals surface area contributed by atoms with Gasteiger partial charge in [-0.25, -0.2) is 9.18 Å². The Morgan fingerprint density at radius 1 is 1.10 bits per heavy atom. The first-order valence-electron chi connectivity index (χ1n) is 9.85. The molecule has 3 aromatic rings. The van der Waals surface area contributed by atoms with Crippen molar-refractivity contribution in [3.05, 3.63) is 76.5 Å². The molecular formula is C23H23FN2O5. The zero-order valence-corrected chi connectivity index (χ0v) is 17.3. The van der Waals surface area contributed by atoms with Crippen molar-refractivity contribution in [2.45, 2.75) is 33.0 Å². The quantitative estimate of drug-likeness (QED) is 0.560. The van der Waals surface area contributed by atoms with E-state index in [-0.39, 0.29) is 37.0 Å². The van der Waals surface area contributed by atoms with Crippen LogP contribution in [-0.2, 0) is 27.4 Å². The van der Waals surface area contributed by atoms with Crippen LogP contribution < -0.4 is 15.6 Å². The molecule has 8 heteroatoms. The molecule has 0 aliphatic rings. The number of nitrogens with zero attached hydrogens (tertiary/aromatic N) is 1. The van der Waals surface area contributed by atoms with Crippen LogP contribution in [0.3, 0.4) is 0 Å². The number of amides is 1. The molecule has 7 nitrogen and oxygen atoms in total. The summed E-state index contributed by atoms with van der Waals surface area (Å²) in [7, 11) is 0. The van der Waals surface area contributed by atoms with Crippen molar-refractivity contribution in [2.24, 2.45) is 0 Å². The summed E-state index contributed by atoms with van der Waals surface area (Å²) in [6.45, 7) is 3.59. The SMILES string of the molecule is CCOC(=O)[C@H](C)Oc1cccc2c(=O)n(CC(=O)NCc3ccc(F)cc3)ccc12. The first-order chi connectivity index (χ1) is 14.9. The smallest absolute Gasteiger partial charge is 0.347 e. The van der Waals surface area contributed by atoms with Crippen molar-refractivity contribution in [3.8, 4) is 5.75 Å². The van der Waals surface area contributed by atoms with E-state index < -0.39 is 12.1 Å². The number of fused-ring (bicyclic) bond motifs is 1. The maximum Gasteiger partial charge on any atom is 0.347 e. The third-order valence-electron chi connectivity index (χ3n) is 4.62. The zero-order chi connectivity index (χ0) is 22.4. The number of benzene rings is 2. The molecule has 0 saturated carbocycles. The van der Waals surface area contributed by atoms with Crippen LogP contribution in [0.15, 0.2) is 59.5 Å². The number of carbonyl (C=O) groups excluding carboxylic acids is 2. The minimum atomic E-state index is -0.828.